The number of aromatic amines is 2. The number of hydrogen-bond acceptors (Lipinski definition) is 6. The number of aromatic hydroxyl groups is 1. The fourth-order valence-electron chi connectivity index (χ4n) is 1.14. The molecule has 0 fully saturated rings. The van der Waals surface area contributed by atoms with E-state index in [1.54, 1.807) is 11.9 Å². The molecule has 0 spiro atoms. The third-order valence-electron chi connectivity index (χ3n) is 1.85. The quantitative estimate of drug-likeness (QED) is 0.462. The minimum absolute atomic E-state index is 0.152. The summed E-state index contributed by atoms with van der Waals surface area (Å²) in [5, 5.41) is 11.3. The van der Waals surface area contributed by atoms with Crippen LogP contribution in [0.25, 0.3) is 0 Å². The molecule has 0 bridgehead atoms. The van der Waals surface area contributed by atoms with Crippen LogP contribution in [0.15, 0.2) is 9.59 Å². The SMILES string of the molecule is CCOC(=O)CNC(=O)c1c(O)[nH]c(=O)[nH]c1=O. The maximum Gasteiger partial charge on any atom is 0.328 e. The molecular weight excluding hydrogens is 246 g/mol. The molecule has 0 saturated heterocycles. The molecule has 0 saturated carbocycles. The summed E-state index contributed by atoms with van der Waals surface area (Å²) in [6.45, 7) is 1.29. The summed E-state index contributed by atoms with van der Waals surface area (Å²) in [5.74, 6) is -2.56. The number of hydrogen-bond donors (Lipinski definition) is 4. The van der Waals surface area contributed by atoms with Crippen molar-refractivity contribution in [3.63, 3.8) is 0 Å². The second kappa shape index (κ2) is 5.66. The zero-order valence-corrected chi connectivity index (χ0v) is 9.40. The van der Waals surface area contributed by atoms with Crippen molar-refractivity contribution >= 4 is 11.9 Å². The van der Waals surface area contributed by atoms with Crippen LogP contribution in [0, 0.1) is 0 Å². The molecule has 1 aromatic rings. The molecule has 0 atom stereocenters. The number of carbonyl (C=O) groups is 2. The van der Waals surface area contributed by atoms with E-state index in [0.717, 1.165) is 0 Å². The van der Waals surface area contributed by atoms with Crippen LogP contribution in [0.4, 0.5) is 0 Å². The van der Waals surface area contributed by atoms with Gasteiger partial charge in [-0.25, -0.2) is 4.79 Å². The molecule has 0 aliphatic carbocycles. The summed E-state index contributed by atoms with van der Waals surface area (Å²) < 4.78 is 4.55. The number of amides is 1. The summed E-state index contributed by atoms with van der Waals surface area (Å²) in [6.07, 6.45) is 0. The van der Waals surface area contributed by atoms with E-state index in [-0.39, 0.29) is 6.61 Å². The van der Waals surface area contributed by atoms with Crippen molar-refractivity contribution in [1.82, 2.24) is 15.3 Å². The largest absolute Gasteiger partial charge is 0.494 e. The highest BCUT2D eigenvalue weighted by molar-refractivity contribution is 5.97. The number of H-pyrrole nitrogens is 2. The van der Waals surface area contributed by atoms with Crippen LogP contribution >= 0.6 is 0 Å². The van der Waals surface area contributed by atoms with E-state index in [1.165, 1.54) is 0 Å². The molecule has 1 heterocycles. The monoisotopic (exact) mass is 257 g/mol. The maximum atomic E-state index is 11.5. The molecule has 4 N–H and O–H groups in total. The van der Waals surface area contributed by atoms with Gasteiger partial charge in [0.15, 0.2) is 5.56 Å². The van der Waals surface area contributed by atoms with E-state index in [0.29, 0.717) is 0 Å². The lowest BCUT2D eigenvalue weighted by atomic mass is 10.3. The van der Waals surface area contributed by atoms with Gasteiger partial charge in [0.05, 0.1) is 6.61 Å². The summed E-state index contributed by atoms with van der Waals surface area (Å²) in [4.78, 5) is 48.1. The van der Waals surface area contributed by atoms with Gasteiger partial charge in [-0.2, -0.15) is 0 Å². The Kier molecular flexibility index (Phi) is 4.24. The highest BCUT2D eigenvalue weighted by Crippen LogP contribution is 2.03. The van der Waals surface area contributed by atoms with Crippen LogP contribution < -0.4 is 16.6 Å². The van der Waals surface area contributed by atoms with Crippen molar-refractivity contribution in [1.29, 1.82) is 0 Å². The molecule has 98 valence electrons. The molecule has 0 radical (unpaired) electrons. The lowest BCUT2D eigenvalue weighted by Gasteiger charge is -2.05. The topological polar surface area (TPSA) is 141 Å². The second-order valence-corrected chi connectivity index (χ2v) is 3.12. The van der Waals surface area contributed by atoms with Crippen molar-refractivity contribution in [2.75, 3.05) is 13.2 Å². The van der Waals surface area contributed by atoms with E-state index < -0.39 is 41.1 Å². The van der Waals surface area contributed by atoms with Crippen LogP contribution in [0.3, 0.4) is 0 Å². The first kappa shape index (κ1) is 13.5. The van der Waals surface area contributed by atoms with Crippen molar-refractivity contribution in [3.8, 4) is 5.88 Å². The summed E-state index contributed by atoms with van der Waals surface area (Å²) in [7, 11) is 0. The first-order chi connectivity index (χ1) is 8.45. The first-order valence-electron chi connectivity index (χ1n) is 4.95. The van der Waals surface area contributed by atoms with Gasteiger partial charge in [-0.15, -0.1) is 0 Å². The molecule has 0 aromatic carbocycles. The van der Waals surface area contributed by atoms with Gasteiger partial charge in [0.25, 0.3) is 11.5 Å². The molecule has 0 aliphatic rings. The Morgan fingerprint density at radius 1 is 1.33 bits per heavy atom. The molecule has 9 nitrogen and oxygen atoms in total. The van der Waals surface area contributed by atoms with Gasteiger partial charge in [0.1, 0.15) is 6.54 Å². The lowest BCUT2D eigenvalue weighted by Crippen LogP contribution is -2.36. The van der Waals surface area contributed by atoms with Crippen LogP contribution in [-0.4, -0.2) is 40.1 Å². The van der Waals surface area contributed by atoms with Crippen LogP contribution in [-0.2, 0) is 9.53 Å². The van der Waals surface area contributed by atoms with E-state index in [2.05, 4.69) is 10.1 Å². The highest BCUT2D eigenvalue weighted by atomic mass is 16.5. The van der Waals surface area contributed by atoms with Crippen LogP contribution in [0.1, 0.15) is 17.3 Å². The Morgan fingerprint density at radius 3 is 2.56 bits per heavy atom. The fraction of sp³-hybridized carbons (Fsp3) is 0.333. The van der Waals surface area contributed by atoms with Gasteiger partial charge in [0, 0.05) is 0 Å². The standard InChI is InChI=1S/C9H11N3O6/c1-2-18-4(13)3-10-6(14)5-7(15)11-9(17)12-8(5)16/h2-3H2,1H3,(H,10,14)(H3,11,12,15,16,17). The third-order valence-corrected chi connectivity index (χ3v) is 1.85. The first-order valence-corrected chi connectivity index (χ1v) is 4.95. The number of ether oxygens (including phenoxy) is 1. The number of rotatable bonds is 4. The number of nitrogens with one attached hydrogen (secondary N) is 3. The van der Waals surface area contributed by atoms with Gasteiger partial charge in [0.2, 0.25) is 5.88 Å². The molecular formula is C9H11N3O6. The smallest absolute Gasteiger partial charge is 0.328 e. The minimum Gasteiger partial charge on any atom is -0.494 e. The van der Waals surface area contributed by atoms with Gasteiger partial charge in [-0.3, -0.25) is 24.4 Å². The Bertz CT molecular complexity index is 572. The van der Waals surface area contributed by atoms with Crippen molar-refractivity contribution in [3.05, 3.63) is 26.4 Å². The normalized spacial score (nSPS) is 9.83. The van der Waals surface area contributed by atoms with Gasteiger partial charge < -0.3 is 15.2 Å². The molecule has 0 aliphatic heterocycles. The van der Waals surface area contributed by atoms with Crippen LogP contribution in [0.2, 0.25) is 0 Å². The fourth-order valence-corrected chi connectivity index (χ4v) is 1.14. The minimum atomic E-state index is -1.06. The molecule has 0 unspecified atom stereocenters. The van der Waals surface area contributed by atoms with E-state index in [4.69, 9.17) is 0 Å². The zero-order chi connectivity index (χ0) is 13.7. The predicted octanol–water partition coefficient (Wildman–Crippen LogP) is -1.94. The summed E-state index contributed by atoms with van der Waals surface area (Å²) >= 11 is 0. The molecule has 1 aromatic heterocycles. The molecule has 1 amide bonds. The van der Waals surface area contributed by atoms with E-state index in [9.17, 15) is 24.3 Å². The number of aromatic nitrogens is 2. The van der Waals surface area contributed by atoms with E-state index in [1.807, 2.05) is 4.98 Å². The van der Waals surface area contributed by atoms with Gasteiger partial charge >= 0.3 is 11.7 Å². The average molecular weight is 257 g/mol. The van der Waals surface area contributed by atoms with E-state index >= 15 is 0 Å². The lowest BCUT2D eigenvalue weighted by molar-refractivity contribution is -0.141. The number of esters is 1. The average Bonchev–Trinajstić information content (AvgIpc) is 2.25. The Labute approximate surface area is 99.8 Å². The van der Waals surface area contributed by atoms with Gasteiger partial charge in [-0.05, 0) is 6.92 Å². The Balaban J connectivity index is 2.83. The maximum absolute atomic E-state index is 11.5. The Hall–Kier alpha value is -2.58. The summed E-state index contributed by atoms with van der Waals surface area (Å²) in [5.41, 5.74) is -2.68. The Morgan fingerprint density at radius 2 is 2.00 bits per heavy atom. The predicted molar refractivity (Wildman–Crippen MR) is 58.3 cm³/mol. The highest BCUT2D eigenvalue weighted by Gasteiger charge is 2.18. The second-order valence-electron chi connectivity index (χ2n) is 3.12. The van der Waals surface area contributed by atoms with Crippen molar-refractivity contribution < 1.29 is 19.4 Å². The number of carbonyl (C=O) groups excluding carboxylic acids is 2. The molecule has 9 heteroatoms. The van der Waals surface area contributed by atoms with Crippen molar-refractivity contribution in [2.24, 2.45) is 0 Å². The summed E-state index contributed by atoms with van der Waals surface area (Å²) in [6, 6.07) is 0. The third kappa shape index (κ3) is 3.20. The van der Waals surface area contributed by atoms with Gasteiger partial charge in [-0.1, -0.05) is 0 Å². The van der Waals surface area contributed by atoms with Crippen LogP contribution in [0.5, 0.6) is 5.88 Å². The molecule has 1 rings (SSSR count). The van der Waals surface area contributed by atoms with Crippen molar-refractivity contribution in [2.45, 2.75) is 6.92 Å². The zero-order valence-electron chi connectivity index (χ0n) is 9.40. The molecule has 18 heavy (non-hydrogen) atoms.